The summed E-state index contributed by atoms with van der Waals surface area (Å²) in [5.74, 6) is 0.282. The van der Waals surface area contributed by atoms with Gasteiger partial charge < -0.3 is 15.7 Å². The molecule has 0 aliphatic carbocycles. The molecule has 3 N–H and O–H groups in total. The number of anilines is 1. The molecule has 1 atom stereocenters. The van der Waals surface area contributed by atoms with Crippen molar-refractivity contribution in [3.63, 3.8) is 0 Å². The molecule has 0 aliphatic heterocycles. The molecule has 0 saturated carbocycles. The molecular weight excluding hydrogens is 287 g/mol. The van der Waals surface area contributed by atoms with E-state index < -0.39 is 0 Å². The second-order valence-electron chi connectivity index (χ2n) is 4.25. The summed E-state index contributed by atoms with van der Waals surface area (Å²) in [5, 5.41) is 15.1. The lowest BCUT2D eigenvalue weighted by atomic mass is 10.0. The summed E-state index contributed by atoms with van der Waals surface area (Å²) in [5.41, 5.74) is 0.585. The molecule has 0 fully saturated rings. The van der Waals surface area contributed by atoms with Gasteiger partial charge in [0.2, 0.25) is 0 Å². The van der Waals surface area contributed by atoms with Crippen molar-refractivity contribution < 1.29 is 9.90 Å². The van der Waals surface area contributed by atoms with Gasteiger partial charge >= 0.3 is 6.03 Å². The molecule has 1 aromatic carbocycles. The zero-order valence-corrected chi connectivity index (χ0v) is 12.3. The first-order valence-electron chi connectivity index (χ1n) is 6.17. The van der Waals surface area contributed by atoms with Gasteiger partial charge in [0.15, 0.2) is 0 Å². The topological polar surface area (TPSA) is 61.4 Å². The molecule has 0 radical (unpaired) electrons. The van der Waals surface area contributed by atoms with Gasteiger partial charge in [-0.25, -0.2) is 4.79 Å². The van der Waals surface area contributed by atoms with E-state index in [2.05, 4.69) is 10.6 Å². The first-order valence-corrected chi connectivity index (χ1v) is 6.93. The number of rotatable bonds is 6. The van der Waals surface area contributed by atoms with Crippen molar-refractivity contribution in [3.05, 3.63) is 28.2 Å². The van der Waals surface area contributed by atoms with E-state index in [1.54, 1.807) is 18.2 Å². The standard InChI is InChI=1S/C13H18Cl2N2O2/c1-2-9(5-6-18)8-16-13(19)17-10-3-4-11(14)12(15)7-10/h3-4,7,9,18H,2,5-6,8H2,1H3,(H2,16,17,19). The average molecular weight is 305 g/mol. The number of urea groups is 1. The third-order valence-electron chi connectivity index (χ3n) is 2.84. The quantitative estimate of drug-likeness (QED) is 0.753. The lowest BCUT2D eigenvalue weighted by Crippen LogP contribution is -2.33. The van der Waals surface area contributed by atoms with Gasteiger partial charge in [-0.2, -0.15) is 0 Å². The van der Waals surface area contributed by atoms with Crippen LogP contribution in [0.15, 0.2) is 18.2 Å². The number of hydrogen-bond acceptors (Lipinski definition) is 2. The van der Waals surface area contributed by atoms with Gasteiger partial charge in [0.05, 0.1) is 10.0 Å². The van der Waals surface area contributed by atoms with Crippen molar-refractivity contribution in [3.8, 4) is 0 Å². The van der Waals surface area contributed by atoms with Crippen LogP contribution in [0, 0.1) is 5.92 Å². The van der Waals surface area contributed by atoms with E-state index in [0.717, 1.165) is 6.42 Å². The van der Waals surface area contributed by atoms with E-state index in [0.29, 0.717) is 28.7 Å². The molecule has 0 saturated heterocycles. The fourth-order valence-corrected chi connectivity index (χ4v) is 1.92. The second kappa shape index (κ2) is 8.25. The number of halogens is 2. The summed E-state index contributed by atoms with van der Waals surface area (Å²) in [6.07, 6.45) is 1.59. The molecule has 1 unspecified atom stereocenters. The normalized spacial score (nSPS) is 12.0. The molecule has 19 heavy (non-hydrogen) atoms. The predicted molar refractivity (Wildman–Crippen MR) is 79.0 cm³/mol. The highest BCUT2D eigenvalue weighted by molar-refractivity contribution is 6.42. The fourth-order valence-electron chi connectivity index (χ4n) is 1.62. The Morgan fingerprint density at radius 1 is 1.37 bits per heavy atom. The number of carbonyl (C=O) groups excluding carboxylic acids is 1. The Hall–Kier alpha value is -0.970. The SMILES string of the molecule is CCC(CCO)CNC(=O)Nc1ccc(Cl)c(Cl)c1. The maximum absolute atomic E-state index is 11.7. The highest BCUT2D eigenvalue weighted by atomic mass is 35.5. The maximum Gasteiger partial charge on any atom is 0.319 e. The second-order valence-corrected chi connectivity index (χ2v) is 5.06. The summed E-state index contributed by atoms with van der Waals surface area (Å²) in [6, 6.07) is 4.60. The molecule has 2 amide bonds. The van der Waals surface area contributed by atoms with E-state index in [4.69, 9.17) is 28.3 Å². The summed E-state index contributed by atoms with van der Waals surface area (Å²) in [7, 11) is 0. The molecular formula is C13H18Cl2N2O2. The van der Waals surface area contributed by atoms with Crippen molar-refractivity contribution in [1.29, 1.82) is 0 Å². The molecule has 6 heteroatoms. The van der Waals surface area contributed by atoms with Crippen molar-refractivity contribution in [2.24, 2.45) is 5.92 Å². The van der Waals surface area contributed by atoms with Gasteiger partial charge in [0.25, 0.3) is 0 Å². The molecule has 1 rings (SSSR count). The van der Waals surface area contributed by atoms with Gasteiger partial charge in [-0.05, 0) is 30.5 Å². The fraction of sp³-hybridized carbons (Fsp3) is 0.462. The zero-order valence-electron chi connectivity index (χ0n) is 10.7. The molecule has 1 aromatic rings. The Morgan fingerprint density at radius 3 is 2.68 bits per heavy atom. The lowest BCUT2D eigenvalue weighted by molar-refractivity contribution is 0.238. The molecule has 106 valence electrons. The molecule has 0 spiro atoms. The van der Waals surface area contributed by atoms with Crippen LogP contribution in [0.25, 0.3) is 0 Å². The van der Waals surface area contributed by atoms with Crippen LogP contribution in [-0.4, -0.2) is 24.3 Å². The van der Waals surface area contributed by atoms with Gasteiger partial charge in [-0.1, -0.05) is 36.5 Å². The van der Waals surface area contributed by atoms with Crippen LogP contribution >= 0.6 is 23.2 Å². The predicted octanol–water partition coefficient (Wildman–Crippen LogP) is 3.52. The van der Waals surface area contributed by atoms with Crippen molar-refractivity contribution >= 4 is 34.9 Å². The third kappa shape index (κ3) is 5.68. The summed E-state index contributed by atoms with van der Waals surface area (Å²) < 4.78 is 0. The van der Waals surface area contributed by atoms with Crippen LogP contribution in [0.5, 0.6) is 0 Å². The molecule has 0 heterocycles. The Kier molecular flexibility index (Phi) is 6.99. The Balaban J connectivity index is 2.44. The molecule has 4 nitrogen and oxygen atoms in total. The number of aliphatic hydroxyl groups excluding tert-OH is 1. The number of carbonyl (C=O) groups is 1. The van der Waals surface area contributed by atoms with Gasteiger partial charge in [0.1, 0.15) is 0 Å². The monoisotopic (exact) mass is 304 g/mol. The number of benzene rings is 1. The van der Waals surface area contributed by atoms with Crippen LogP contribution in [0.3, 0.4) is 0 Å². The van der Waals surface area contributed by atoms with E-state index in [1.165, 1.54) is 0 Å². The Bertz CT molecular complexity index is 427. The minimum absolute atomic E-state index is 0.134. The van der Waals surface area contributed by atoms with E-state index in [1.807, 2.05) is 6.92 Å². The minimum atomic E-state index is -0.297. The molecule has 0 aliphatic rings. The van der Waals surface area contributed by atoms with Crippen LogP contribution < -0.4 is 10.6 Å². The smallest absolute Gasteiger partial charge is 0.319 e. The zero-order chi connectivity index (χ0) is 14.3. The first-order chi connectivity index (χ1) is 9.06. The number of aliphatic hydroxyl groups is 1. The summed E-state index contributed by atoms with van der Waals surface area (Å²) in [6.45, 7) is 2.69. The van der Waals surface area contributed by atoms with Crippen LogP contribution in [-0.2, 0) is 0 Å². The summed E-state index contributed by atoms with van der Waals surface area (Å²) >= 11 is 11.6. The van der Waals surface area contributed by atoms with Crippen LogP contribution in [0.4, 0.5) is 10.5 Å². The lowest BCUT2D eigenvalue weighted by Gasteiger charge is -2.15. The summed E-state index contributed by atoms with van der Waals surface area (Å²) in [4.78, 5) is 11.7. The van der Waals surface area contributed by atoms with Crippen LogP contribution in [0.1, 0.15) is 19.8 Å². The van der Waals surface area contributed by atoms with E-state index in [9.17, 15) is 4.79 Å². The highest BCUT2D eigenvalue weighted by Gasteiger charge is 2.08. The number of hydrogen-bond donors (Lipinski definition) is 3. The molecule has 0 aromatic heterocycles. The highest BCUT2D eigenvalue weighted by Crippen LogP contribution is 2.24. The van der Waals surface area contributed by atoms with Gasteiger partial charge in [-0.15, -0.1) is 0 Å². The third-order valence-corrected chi connectivity index (χ3v) is 3.58. The Morgan fingerprint density at radius 2 is 2.11 bits per heavy atom. The minimum Gasteiger partial charge on any atom is -0.396 e. The first kappa shape index (κ1) is 16.1. The molecule has 0 bridgehead atoms. The van der Waals surface area contributed by atoms with Crippen molar-refractivity contribution in [2.75, 3.05) is 18.5 Å². The average Bonchev–Trinajstić information content (AvgIpc) is 2.39. The van der Waals surface area contributed by atoms with Crippen molar-refractivity contribution in [1.82, 2.24) is 5.32 Å². The van der Waals surface area contributed by atoms with E-state index >= 15 is 0 Å². The van der Waals surface area contributed by atoms with Gasteiger partial charge in [-0.3, -0.25) is 0 Å². The van der Waals surface area contributed by atoms with Crippen molar-refractivity contribution in [2.45, 2.75) is 19.8 Å². The number of nitrogens with one attached hydrogen (secondary N) is 2. The number of amides is 2. The van der Waals surface area contributed by atoms with Crippen LogP contribution in [0.2, 0.25) is 10.0 Å². The Labute approximate surface area is 123 Å². The van der Waals surface area contributed by atoms with E-state index in [-0.39, 0.29) is 18.6 Å². The van der Waals surface area contributed by atoms with Gasteiger partial charge in [0, 0.05) is 18.8 Å². The largest absolute Gasteiger partial charge is 0.396 e. The maximum atomic E-state index is 11.7.